The molecular formula is C26H29FO4. The number of hydrogen-bond acceptors (Lipinski definition) is 4. The largest absolute Gasteiger partial charge is 0.459 e. The van der Waals surface area contributed by atoms with E-state index in [0.29, 0.717) is 5.76 Å². The summed E-state index contributed by atoms with van der Waals surface area (Å²) in [6.45, 7) is 3.92. The van der Waals surface area contributed by atoms with Crippen molar-refractivity contribution < 1.29 is 24.1 Å². The highest BCUT2D eigenvalue weighted by Crippen LogP contribution is 2.42. The van der Waals surface area contributed by atoms with Crippen LogP contribution >= 0.6 is 0 Å². The number of halogens is 1. The van der Waals surface area contributed by atoms with Crippen LogP contribution in [0.4, 0.5) is 4.39 Å². The smallest absolute Gasteiger partial charge is 0.142 e. The summed E-state index contributed by atoms with van der Waals surface area (Å²) in [5, 5.41) is 29.2. The van der Waals surface area contributed by atoms with Crippen LogP contribution in [0.2, 0.25) is 0 Å². The van der Waals surface area contributed by atoms with Gasteiger partial charge in [-0.15, -0.1) is 0 Å². The summed E-state index contributed by atoms with van der Waals surface area (Å²) in [5.41, 5.74) is 3.36. The van der Waals surface area contributed by atoms with Crippen molar-refractivity contribution in [2.45, 2.75) is 44.8 Å². The fourth-order valence-electron chi connectivity index (χ4n) is 3.58. The normalized spacial score (nSPS) is 13.8. The van der Waals surface area contributed by atoms with E-state index in [2.05, 4.69) is 0 Å². The van der Waals surface area contributed by atoms with Gasteiger partial charge in [-0.1, -0.05) is 68.5 Å². The number of aliphatic hydroxyl groups is 3. The molecule has 3 aromatic rings. The Balaban J connectivity index is 2.11. The first-order chi connectivity index (χ1) is 14.9. The van der Waals surface area contributed by atoms with Crippen LogP contribution in [0.25, 0.3) is 28.5 Å². The van der Waals surface area contributed by atoms with Crippen LogP contribution in [0, 0.1) is 5.82 Å². The summed E-state index contributed by atoms with van der Waals surface area (Å²) in [6.07, 6.45) is 2.11. The Morgan fingerprint density at radius 2 is 1.65 bits per heavy atom. The number of furan rings is 1. The Morgan fingerprint density at radius 1 is 0.968 bits per heavy atom. The van der Waals surface area contributed by atoms with Crippen molar-refractivity contribution >= 4 is 6.08 Å². The van der Waals surface area contributed by atoms with Gasteiger partial charge in [0.15, 0.2) is 0 Å². The van der Waals surface area contributed by atoms with E-state index in [9.17, 15) is 14.6 Å². The van der Waals surface area contributed by atoms with Crippen LogP contribution in [0.15, 0.2) is 65.1 Å². The average molecular weight is 425 g/mol. The second-order valence-electron chi connectivity index (χ2n) is 7.94. The predicted octanol–water partition coefficient (Wildman–Crippen LogP) is 5.38. The lowest BCUT2D eigenvalue weighted by atomic mass is 9.94. The van der Waals surface area contributed by atoms with Gasteiger partial charge in [-0.25, -0.2) is 4.39 Å². The summed E-state index contributed by atoms with van der Waals surface area (Å²) >= 11 is 0. The maximum atomic E-state index is 13.6. The minimum atomic E-state index is -0.877. The second-order valence-corrected chi connectivity index (χ2v) is 7.94. The number of benzene rings is 2. The molecule has 0 saturated carbocycles. The third kappa shape index (κ3) is 5.70. The van der Waals surface area contributed by atoms with Crippen molar-refractivity contribution in [1.29, 1.82) is 0 Å². The maximum Gasteiger partial charge on any atom is 0.142 e. The van der Waals surface area contributed by atoms with E-state index < -0.39 is 12.2 Å². The van der Waals surface area contributed by atoms with Crippen LogP contribution in [0.1, 0.15) is 43.9 Å². The Bertz CT molecular complexity index is 990. The van der Waals surface area contributed by atoms with E-state index >= 15 is 0 Å². The molecule has 31 heavy (non-hydrogen) atoms. The minimum absolute atomic E-state index is 0.0773. The fourth-order valence-corrected chi connectivity index (χ4v) is 3.58. The van der Waals surface area contributed by atoms with Crippen molar-refractivity contribution in [3.8, 4) is 22.5 Å². The highest BCUT2D eigenvalue weighted by Gasteiger charge is 2.23. The van der Waals surface area contributed by atoms with Gasteiger partial charge in [0.2, 0.25) is 0 Å². The van der Waals surface area contributed by atoms with E-state index in [-0.39, 0.29) is 31.2 Å². The molecule has 3 N–H and O–H groups in total. The molecule has 3 rings (SSSR count). The zero-order valence-electron chi connectivity index (χ0n) is 17.8. The molecule has 0 saturated heterocycles. The van der Waals surface area contributed by atoms with Crippen molar-refractivity contribution in [1.82, 2.24) is 0 Å². The Hall–Kier alpha value is -2.73. The number of rotatable bonds is 9. The molecule has 0 radical (unpaired) electrons. The zero-order chi connectivity index (χ0) is 22.4. The van der Waals surface area contributed by atoms with Gasteiger partial charge in [0, 0.05) is 35.6 Å². The molecule has 2 aromatic carbocycles. The quantitative estimate of drug-likeness (QED) is 0.431. The van der Waals surface area contributed by atoms with E-state index in [0.717, 1.165) is 28.0 Å². The van der Waals surface area contributed by atoms with Crippen LogP contribution in [-0.2, 0) is 0 Å². The van der Waals surface area contributed by atoms with Gasteiger partial charge in [-0.2, -0.15) is 0 Å². The van der Waals surface area contributed by atoms with Gasteiger partial charge in [-0.3, -0.25) is 0 Å². The van der Waals surface area contributed by atoms with Crippen molar-refractivity contribution in [3.63, 3.8) is 0 Å². The van der Waals surface area contributed by atoms with Gasteiger partial charge in [-0.05, 0) is 24.1 Å². The Labute approximate surface area is 182 Å². The lowest BCUT2D eigenvalue weighted by Crippen LogP contribution is -2.16. The first-order valence-electron chi connectivity index (χ1n) is 10.5. The van der Waals surface area contributed by atoms with Crippen molar-refractivity contribution in [2.24, 2.45) is 0 Å². The molecule has 2 unspecified atom stereocenters. The number of aliphatic hydroxyl groups excluding tert-OH is 3. The summed E-state index contributed by atoms with van der Waals surface area (Å²) in [7, 11) is 0. The fraction of sp³-hybridized carbons (Fsp3) is 0.308. The summed E-state index contributed by atoms with van der Waals surface area (Å²) in [4.78, 5) is 0. The third-order valence-electron chi connectivity index (χ3n) is 5.13. The van der Waals surface area contributed by atoms with Crippen molar-refractivity contribution in [2.75, 3.05) is 6.61 Å². The topological polar surface area (TPSA) is 73.8 Å². The standard InChI is InChI=1S/C26H29FO4/c1-17(2)25-23(13-12-21(29)16-22(30)14-15-28)24(18-8-10-20(27)11-9-18)26(31-25)19-6-4-3-5-7-19/h3-13,17,21-22,28-30H,14-16H2,1-2H3/b13-12+. The SMILES string of the molecule is CC(C)c1oc(-c2ccccc2)c(-c2ccc(F)cc2)c1/C=C/C(O)CC(O)CCO. The number of hydrogen-bond donors (Lipinski definition) is 3. The molecule has 0 bridgehead atoms. The van der Waals surface area contributed by atoms with Gasteiger partial charge in [0.05, 0.1) is 12.2 Å². The van der Waals surface area contributed by atoms with Crippen LogP contribution < -0.4 is 0 Å². The molecular weight excluding hydrogens is 395 g/mol. The molecule has 1 aromatic heterocycles. The molecule has 164 valence electrons. The molecule has 0 fully saturated rings. The van der Waals surface area contributed by atoms with Crippen LogP contribution in [0.5, 0.6) is 0 Å². The minimum Gasteiger partial charge on any atom is -0.459 e. The molecule has 5 heteroatoms. The molecule has 0 aliphatic rings. The van der Waals surface area contributed by atoms with E-state index in [1.54, 1.807) is 24.3 Å². The molecule has 0 aliphatic heterocycles. The van der Waals surface area contributed by atoms with E-state index in [1.807, 2.05) is 44.2 Å². The van der Waals surface area contributed by atoms with Crippen molar-refractivity contribution in [3.05, 3.63) is 77.8 Å². The van der Waals surface area contributed by atoms with Gasteiger partial charge in [0.25, 0.3) is 0 Å². The molecule has 0 aliphatic carbocycles. The monoisotopic (exact) mass is 424 g/mol. The summed E-state index contributed by atoms with van der Waals surface area (Å²) < 4.78 is 19.9. The molecule has 0 amide bonds. The van der Waals surface area contributed by atoms with Crippen LogP contribution in [-0.4, -0.2) is 34.1 Å². The zero-order valence-corrected chi connectivity index (χ0v) is 17.8. The van der Waals surface area contributed by atoms with Gasteiger partial charge in [0.1, 0.15) is 17.3 Å². The van der Waals surface area contributed by atoms with Gasteiger partial charge >= 0.3 is 0 Å². The average Bonchev–Trinajstić information content (AvgIpc) is 3.13. The molecule has 1 heterocycles. The lowest BCUT2D eigenvalue weighted by molar-refractivity contribution is 0.0827. The highest BCUT2D eigenvalue weighted by atomic mass is 19.1. The molecule has 0 spiro atoms. The Kier molecular flexibility index (Phi) is 7.80. The highest BCUT2D eigenvalue weighted by molar-refractivity contribution is 5.88. The lowest BCUT2D eigenvalue weighted by Gasteiger charge is -2.12. The van der Waals surface area contributed by atoms with E-state index in [1.165, 1.54) is 12.1 Å². The first kappa shape index (κ1) is 22.9. The molecule has 4 nitrogen and oxygen atoms in total. The van der Waals surface area contributed by atoms with Gasteiger partial charge < -0.3 is 19.7 Å². The second kappa shape index (κ2) is 10.5. The first-order valence-corrected chi connectivity index (χ1v) is 10.5. The molecule has 2 atom stereocenters. The summed E-state index contributed by atoms with van der Waals surface area (Å²) in [6, 6.07) is 16.0. The van der Waals surface area contributed by atoms with E-state index in [4.69, 9.17) is 9.52 Å². The Morgan fingerprint density at radius 3 is 2.26 bits per heavy atom. The maximum absolute atomic E-state index is 13.6. The predicted molar refractivity (Wildman–Crippen MR) is 121 cm³/mol. The summed E-state index contributed by atoms with van der Waals surface area (Å²) in [5.74, 6) is 1.21. The van der Waals surface area contributed by atoms with Crippen LogP contribution in [0.3, 0.4) is 0 Å². The third-order valence-corrected chi connectivity index (χ3v) is 5.13.